The largest absolute Gasteiger partial charge is 0.421 e. The predicted octanol–water partition coefficient (Wildman–Crippen LogP) is 2.67. The molecule has 0 amide bonds. The SMILES string of the molecule is CCn1cnc2c(=O)oc3ccc(S(=O)(=O)N4CCN(c5ccccc5)CC4)cc3c21. The maximum atomic E-state index is 13.4. The summed E-state index contributed by atoms with van der Waals surface area (Å²) in [4.78, 5) is 18.7. The molecule has 9 heteroatoms. The molecule has 1 aliphatic rings. The van der Waals surface area contributed by atoms with Gasteiger partial charge >= 0.3 is 5.63 Å². The third-order valence-electron chi connectivity index (χ3n) is 5.78. The number of hydrogen-bond acceptors (Lipinski definition) is 6. The molecular formula is C22H22N4O4S. The second-order valence-electron chi connectivity index (χ2n) is 7.50. The lowest BCUT2D eigenvalue weighted by Crippen LogP contribution is -2.48. The highest BCUT2D eigenvalue weighted by Gasteiger charge is 2.29. The first kappa shape index (κ1) is 19.8. The van der Waals surface area contributed by atoms with Crippen LogP contribution in [0, 0.1) is 0 Å². The molecule has 1 fully saturated rings. The van der Waals surface area contributed by atoms with E-state index in [0.717, 1.165) is 5.69 Å². The van der Waals surface area contributed by atoms with Gasteiger partial charge in [0.15, 0.2) is 5.52 Å². The van der Waals surface area contributed by atoms with Gasteiger partial charge in [-0.05, 0) is 37.3 Å². The zero-order valence-electron chi connectivity index (χ0n) is 17.1. The molecule has 0 saturated carbocycles. The number of nitrogens with zero attached hydrogens (tertiary/aromatic N) is 4. The normalized spacial score (nSPS) is 15.7. The number of benzene rings is 2. The summed E-state index contributed by atoms with van der Waals surface area (Å²) in [5, 5.41) is 0.568. The second kappa shape index (κ2) is 7.51. The van der Waals surface area contributed by atoms with E-state index in [4.69, 9.17) is 4.42 Å². The van der Waals surface area contributed by atoms with Crippen molar-refractivity contribution in [3.8, 4) is 0 Å². The molecule has 3 heterocycles. The summed E-state index contributed by atoms with van der Waals surface area (Å²) >= 11 is 0. The number of hydrogen-bond donors (Lipinski definition) is 0. The van der Waals surface area contributed by atoms with Crippen molar-refractivity contribution in [3.05, 3.63) is 65.3 Å². The lowest BCUT2D eigenvalue weighted by atomic mass is 10.2. The standard InChI is InChI=1S/C22H22N4O4S/c1-2-24-15-23-20-21(24)18-14-17(8-9-19(18)30-22(20)27)31(28,29)26-12-10-25(11-13-26)16-6-4-3-5-7-16/h3-9,14-15H,2,10-13H2,1H3. The maximum absolute atomic E-state index is 13.4. The average molecular weight is 439 g/mol. The number of aryl methyl sites for hydroxylation is 1. The van der Waals surface area contributed by atoms with Crippen molar-refractivity contribution in [2.24, 2.45) is 0 Å². The molecule has 0 atom stereocenters. The summed E-state index contributed by atoms with van der Waals surface area (Å²) in [6, 6.07) is 14.6. The number of aromatic nitrogens is 2. The smallest absolute Gasteiger partial charge is 0.364 e. The average Bonchev–Trinajstić information content (AvgIpc) is 3.25. The highest BCUT2D eigenvalue weighted by Crippen LogP contribution is 2.27. The number of piperazine rings is 1. The van der Waals surface area contributed by atoms with Gasteiger partial charge in [-0.2, -0.15) is 4.31 Å². The minimum atomic E-state index is -3.68. The van der Waals surface area contributed by atoms with Crippen LogP contribution in [0.25, 0.3) is 22.0 Å². The van der Waals surface area contributed by atoms with E-state index in [1.165, 1.54) is 10.4 Å². The molecule has 1 saturated heterocycles. The van der Waals surface area contributed by atoms with Gasteiger partial charge in [0.2, 0.25) is 10.0 Å². The van der Waals surface area contributed by atoms with E-state index in [1.807, 2.05) is 41.8 Å². The Kier molecular flexibility index (Phi) is 4.79. The third-order valence-corrected chi connectivity index (χ3v) is 7.67. The van der Waals surface area contributed by atoms with Crippen LogP contribution in [0.5, 0.6) is 0 Å². The predicted molar refractivity (Wildman–Crippen MR) is 119 cm³/mol. The van der Waals surface area contributed by atoms with E-state index in [0.29, 0.717) is 49.2 Å². The molecule has 8 nitrogen and oxygen atoms in total. The Morgan fingerprint density at radius 2 is 1.77 bits per heavy atom. The Bertz CT molecular complexity index is 1420. The summed E-state index contributed by atoms with van der Waals surface area (Å²) in [7, 11) is -3.68. The quantitative estimate of drug-likeness (QED) is 0.455. The van der Waals surface area contributed by atoms with E-state index in [9.17, 15) is 13.2 Å². The van der Waals surface area contributed by atoms with Crippen LogP contribution in [0.15, 0.2) is 69.0 Å². The van der Waals surface area contributed by atoms with Crippen LogP contribution in [-0.2, 0) is 16.6 Å². The highest BCUT2D eigenvalue weighted by atomic mass is 32.2. The van der Waals surface area contributed by atoms with Gasteiger partial charge in [-0.1, -0.05) is 18.2 Å². The molecule has 0 radical (unpaired) electrons. The number of rotatable bonds is 4. The Morgan fingerprint density at radius 1 is 1.03 bits per heavy atom. The molecule has 2 aromatic heterocycles. The summed E-state index contributed by atoms with van der Waals surface area (Å²) in [6.07, 6.45) is 1.57. The summed E-state index contributed by atoms with van der Waals surface area (Å²) in [6.45, 7) is 4.60. The number of imidazole rings is 1. The molecule has 0 spiro atoms. The molecule has 0 aliphatic carbocycles. The number of sulfonamides is 1. The number of fused-ring (bicyclic) bond motifs is 3. The van der Waals surface area contributed by atoms with Crippen molar-refractivity contribution in [2.75, 3.05) is 31.1 Å². The molecule has 1 aliphatic heterocycles. The zero-order chi connectivity index (χ0) is 21.6. The Morgan fingerprint density at radius 3 is 2.48 bits per heavy atom. The maximum Gasteiger partial charge on any atom is 0.364 e. The van der Waals surface area contributed by atoms with Crippen molar-refractivity contribution in [1.82, 2.24) is 13.9 Å². The van der Waals surface area contributed by atoms with Gasteiger partial charge in [0, 0.05) is 43.8 Å². The van der Waals surface area contributed by atoms with Crippen molar-refractivity contribution in [2.45, 2.75) is 18.4 Å². The lowest BCUT2D eigenvalue weighted by molar-refractivity contribution is 0.385. The summed E-state index contributed by atoms with van der Waals surface area (Å²) in [5.74, 6) is 0. The van der Waals surface area contributed by atoms with E-state index in [-0.39, 0.29) is 10.4 Å². The minimum Gasteiger partial charge on any atom is -0.421 e. The first-order valence-corrected chi connectivity index (χ1v) is 11.6. The Labute approximate surface area is 179 Å². The first-order valence-electron chi connectivity index (χ1n) is 10.2. The van der Waals surface area contributed by atoms with E-state index >= 15 is 0 Å². The molecule has 4 aromatic rings. The zero-order valence-corrected chi connectivity index (χ0v) is 17.9. The van der Waals surface area contributed by atoms with Gasteiger partial charge in [-0.3, -0.25) is 0 Å². The Balaban J connectivity index is 1.50. The number of para-hydroxylation sites is 1. The fourth-order valence-electron chi connectivity index (χ4n) is 4.12. The van der Waals surface area contributed by atoms with Gasteiger partial charge in [0.1, 0.15) is 5.58 Å². The molecule has 2 aromatic carbocycles. The fraction of sp³-hybridized carbons (Fsp3) is 0.273. The van der Waals surface area contributed by atoms with Crippen LogP contribution in [0.4, 0.5) is 5.69 Å². The van der Waals surface area contributed by atoms with Crippen LogP contribution in [0.3, 0.4) is 0 Å². The van der Waals surface area contributed by atoms with Crippen LogP contribution in [0.2, 0.25) is 0 Å². The molecule has 0 N–H and O–H groups in total. The Hall–Kier alpha value is -3.17. The number of anilines is 1. The summed E-state index contributed by atoms with van der Waals surface area (Å²) < 4.78 is 35.4. The van der Waals surface area contributed by atoms with Crippen molar-refractivity contribution >= 4 is 37.7 Å². The second-order valence-corrected chi connectivity index (χ2v) is 9.44. The third kappa shape index (κ3) is 3.30. The van der Waals surface area contributed by atoms with Crippen molar-refractivity contribution < 1.29 is 12.8 Å². The van der Waals surface area contributed by atoms with Crippen LogP contribution < -0.4 is 10.5 Å². The molecule has 160 valence electrons. The van der Waals surface area contributed by atoms with Crippen LogP contribution in [-0.4, -0.2) is 48.5 Å². The van der Waals surface area contributed by atoms with Crippen molar-refractivity contribution in [3.63, 3.8) is 0 Å². The monoisotopic (exact) mass is 438 g/mol. The molecule has 31 heavy (non-hydrogen) atoms. The molecule has 0 unspecified atom stereocenters. The molecule has 0 bridgehead atoms. The minimum absolute atomic E-state index is 0.187. The highest BCUT2D eigenvalue weighted by molar-refractivity contribution is 7.89. The molecular weight excluding hydrogens is 416 g/mol. The van der Waals surface area contributed by atoms with Gasteiger partial charge in [0.05, 0.1) is 16.7 Å². The van der Waals surface area contributed by atoms with Crippen LogP contribution >= 0.6 is 0 Å². The van der Waals surface area contributed by atoms with Gasteiger partial charge in [-0.25, -0.2) is 18.2 Å². The van der Waals surface area contributed by atoms with Gasteiger partial charge in [0.25, 0.3) is 0 Å². The van der Waals surface area contributed by atoms with Crippen molar-refractivity contribution in [1.29, 1.82) is 0 Å². The van der Waals surface area contributed by atoms with Gasteiger partial charge in [-0.15, -0.1) is 0 Å². The fourth-order valence-corrected chi connectivity index (χ4v) is 5.57. The lowest BCUT2D eigenvalue weighted by Gasteiger charge is -2.35. The van der Waals surface area contributed by atoms with Gasteiger partial charge < -0.3 is 13.9 Å². The van der Waals surface area contributed by atoms with E-state index in [1.54, 1.807) is 18.5 Å². The first-order chi connectivity index (χ1) is 15.0. The summed E-state index contributed by atoms with van der Waals surface area (Å²) in [5.41, 5.74) is 1.72. The van der Waals surface area contributed by atoms with Crippen LogP contribution in [0.1, 0.15) is 6.92 Å². The molecule has 5 rings (SSSR count). The topological polar surface area (TPSA) is 88.6 Å². The van der Waals surface area contributed by atoms with E-state index in [2.05, 4.69) is 9.88 Å². The van der Waals surface area contributed by atoms with E-state index < -0.39 is 15.6 Å².